The molecule has 6 heteroatoms. The van der Waals surface area contributed by atoms with Gasteiger partial charge in [0.2, 0.25) is 0 Å². The van der Waals surface area contributed by atoms with Crippen molar-refractivity contribution in [2.75, 3.05) is 10.7 Å². The van der Waals surface area contributed by atoms with E-state index in [1.54, 1.807) is 0 Å². The Bertz CT molecular complexity index is 902. The second-order valence-electron chi connectivity index (χ2n) is 9.18. The summed E-state index contributed by atoms with van der Waals surface area (Å²) in [7, 11) is 0. The van der Waals surface area contributed by atoms with E-state index in [0.717, 1.165) is 47.3 Å². The molecule has 5 nitrogen and oxygen atoms in total. The SMILES string of the molecule is N[C@@H]1c2ccccc2O[C@]12CC[C@H]1CCC(C2)N1c1cnc(SCC2CC2)cn1. The van der Waals surface area contributed by atoms with Crippen LogP contribution in [0.2, 0.25) is 0 Å². The van der Waals surface area contributed by atoms with E-state index in [9.17, 15) is 0 Å². The van der Waals surface area contributed by atoms with Gasteiger partial charge in [-0.05, 0) is 50.5 Å². The van der Waals surface area contributed by atoms with Crippen molar-refractivity contribution >= 4 is 17.6 Å². The van der Waals surface area contributed by atoms with Gasteiger partial charge in [0.05, 0.1) is 18.4 Å². The number of nitrogens with two attached hydrogens (primary N) is 1. The lowest BCUT2D eigenvalue weighted by Gasteiger charge is -2.35. The third-order valence-corrected chi connectivity index (χ3v) is 8.42. The van der Waals surface area contributed by atoms with Crippen LogP contribution in [0.5, 0.6) is 5.75 Å². The van der Waals surface area contributed by atoms with Gasteiger partial charge in [-0.15, -0.1) is 11.8 Å². The predicted molar refractivity (Wildman–Crippen MR) is 115 cm³/mol. The van der Waals surface area contributed by atoms with E-state index in [2.05, 4.69) is 23.1 Å². The average Bonchev–Trinajstić information content (AvgIpc) is 3.45. The number of fused-ring (bicyclic) bond motifs is 3. The molecule has 4 aliphatic rings. The molecule has 3 fully saturated rings. The maximum atomic E-state index is 6.75. The molecule has 2 aromatic rings. The van der Waals surface area contributed by atoms with Gasteiger partial charge in [0.25, 0.3) is 0 Å². The summed E-state index contributed by atoms with van der Waals surface area (Å²) >= 11 is 1.85. The second-order valence-corrected chi connectivity index (χ2v) is 10.2. The maximum absolute atomic E-state index is 6.75. The Balaban J connectivity index is 1.23. The highest BCUT2D eigenvalue weighted by atomic mass is 32.2. The molecule has 4 atom stereocenters. The van der Waals surface area contributed by atoms with Gasteiger partial charge in [0, 0.05) is 29.8 Å². The van der Waals surface area contributed by atoms with Crippen LogP contribution >= 0.6 is 11.8 Å². The lowest BCUT2D eigenvalue weighted by Crippen LogP contribution is -2.45. The van der Waals surface area contributed by atoms with Crippen LogP contribution in [0.3, 0.4) is 0 Å². The van der Waals surface area contributed by atoms with Gasteiger partial charge >= 0.3 is 0 Å². The zero-order valence-electron chi connectivity index (χ0n) is 16.7. The van der Waals surface area contributed by atoms with Crippen LogP contribution in [0, 0.1) is 5.92 Å². The molecule has 3 aliphatic heterocycles. The largest absolute Gasteiger partial charge is 0.485 e. The van der Waals surface area contributed by atoms with Crippen LogP contribution in [-0.4, -0.2) is 33.4 Å². The summed E-state index contributed by atoms with van der Waals surface area (Å²) < 4.78 is 6.55. The highest BCUT2D eigenvalue weighted by Gasteiger charge is 2.53. The summed E-state index contributed by atoms with van der Waals surface area (Å²) in [6.45, 7) is 0. The minimum absolute atomic E-state index is 0.0489. The molecule has 1 spiro atoms. The van der Waals surface area contributed by atoms with Crippen LogP contribution in [0.4, 0.5) is 5.82 Å². The Morgan fingerprint density at radius 3 is 2.72 bits per heavy atom. The first kappa shape index (κ1) is 18.0. The zero-order chi connectivity index (χ0) is 19.4. The number of thioether (sulfide) groups is 1. The smallest absolute Gasteiger partial charge is 0.147 e. The van der Waals surface area contributed by atoms with Gasteiger partial charge in [-0.1, -0.05) is 18.2 Å². The number of aromatic nitrogens is 2. The first-order valence-electron chi connectivity index (χ1n) is 11.0. The van der Waals surface area contributed by atoms with Crippen molar-refractivity contribution in [3.8, 4) is 5.75 Å². The maximum Gasteiger partial charge on any atom is 0.147 e. The molecule has 1 unspecified atom stereocenters. The number of para-hydroxylation sites is 1. The topological polar surface area (TPSA) is 64.3 Å². The fourth-order valence-corrected chi connectivity index (χ4v) is 6.50. The van der Waals surface area contributed by atoms with Crippen LogP contribution < -0.4 is 15.4 Å². The quantitative estimate of drug-likeness (QED) is 0.760. The standard InChI is InChI=1S/C23H28N4OS/c24-22-18-3-1-2-4-19(18)28-23(22)10-9-16-7-8-17(11-23)27(16)20-12-26-21(13-25-20)29-14-15-5-6-15/h1-4,12-13,15-17,22H,5-11,14,24H2/t16-,17?,22-,23+/m1/s1. The lowest BCUT2D eigenvalue weighted by molar-refractivity contribution is 0.0449. The van der Waals surface area contributed by atoms with Crippen molar-refractivity contribution in [1.82, 2.24) is 9.97 Å². The van der Waals surface area contributed by atoms with Crippen molar-refractivity contribution in [3.63, 3.8) is 0 Å². The molecular weight excluding hydrogens is 380 g/mol. The number of hydrogen-bond acceptors (Lipinski definition) is 6. The third kappa shape index (κ3) is 3.12. The van der Waals surface area contributed by atoms with E-state index in [1.165, 1.54) is 31.4 Å². The highest BCUT2D eigenvalue weighted by Crippen LogP contribution is 2.51. The molecule has 1 aromatic carbocycles. The van der Waals surface area contributed by atoms with Gasteiger partial charge in [0.15, 0.2) is 0 Å². The van der Waals surface area contributed by atoms with E-state index in [4.69, 9.17) is 20.4 Å². The fourth-order valence-electron chi connectivity index (χ4n) is 5.51. The van der Waals surface area contributed by atoms with Crippen LogP contribution in [0.25, 0.3) is 0 Å². The molecule has 152 valence electrons. The molecule has 2 bridgehead atoms. The van der Waals surface area contributed by atoms with Crippen molar-refractivity contribution in [3.05, 3.63) is 42.2 Å². The molecule has 4 heterocycles. The highest BCUT2D eigenvalue weighted by molar-refractivity contribution is 7.99. The fraction of sp³-hybridized carbons (Fsp3) is 0.565. The Hall–Kier alpha value is -1.79. The lowest BCUT2D eigenvalue weighted by atomic mass is 9.80. The van der Waals surface area contributed by atoms with Crippen molar-refractivity contribution < 1.29 is 4.74 Å². The minimum Gasteiger partial charge on any atom is -0.485 e. The van der Waals surface area contributed by atoms with E-state index in [0.29, 0.717) is 12.1 Å². The van der Waals surface area contributed by atoms with Crippen LogP contribution in [0.1, 0.15) is 56.6 Å². The van der Waals surface area contributed by atoms with Gasteiger partial charge < -0.3 is 15.4 Å². The van der Waals surface area contributed by atoms with Crippen LogP contribution in [0.15, 0.2) is 41.7 Å². The third-order valence-electron chi connectivity index (χ3n) is 7.28. The average molecular weight is 409 g/mol. The summed E-state index contributed by atoms with van der Waals surface area (Å²) in [5, 5.41) is 1.05. The Kier molecular flexibility index (Phi) is 4.27. The van der Waals surface area contributed by atoms with Gasteiger partial charge in [-0.2, -0.15) is 0 Å². The number of nitrogens with zero attached hydrogens (tertiary/aromatic N) is 3. The van der Waals surface area contributed by atoms with Crippen molar-refractivity contribution in [2.24, 2.45) is 11.7 Å². The normalized spacial score (nSPS) is 32.9. The molecule has 2 saturated heterocycles. The molecule has 1 saturated carbocycles. The van der Waals surface area contributed by atoms with E-state index >= 15 is 0 Å². The summed E-state index contributed by atoms with van der Waals surface area (Å²) in [6.07, 6.45) is 12.2. The monoisotopic (exact) mass is 408 g/mol. The predicted octanol–water partition coefficient (Wildman–Crippen LogP) is 4.33. The molecule has 0 radical (unpaired) electrons. The summed E-state index contributed by atoms with van der Waals surface area (Å²) in [4.78, 5) is 12.1. The van der Waals surface area contributed by atoms with E-state index in [-0.39, 0.29) is 11.6 Å². The Morgan fingerprint density at radius 2 is 1.93 bits per heavy atom. The summed E-state index contributed by atoms with van der Waals surface area (Å²) in [5.41, 5.74) is 7.63. The molecule has 6 rings (SSSR count). The molecule has 0 amide bonds. The number of benzene rings is 1. The zero-order valence-corrected chi connectivity index (χ0v) is 17.5. The Labute approximate surface area is 176 Å². The van der Waals surface area contributed by atoms with Crippen molar-refractivity contribution in [2.45, 2.75) is 73.7 Å². The molecule has 1 aromatic heterocycles. The summed E-state index contributed by atoms with van der Waals surface area (Å²) in [6, 6.07) is 9.17. The number of hydrogen-bond donors (Lipinski definition) is 1. The van der Waals surface area contributed by atoms with E-state index in [1.807, 2.05) is 30.2 Å². The first-order valence-corrected chi connectivity index (χ1v) is 12.0. The molecular formula is C23H28N4OS. The number of ether oxygens (including phenoxy) is 1. The Morgan fingerprint density at radius 1 is 1.07 bits per heavy atom. The van der Waals surface area contributed by atoms with E-state index < -0.39 is 0 Å². The molecule has 29 heavy (non-hydrogen) atoms. The number of anilines is 1. The first-order chi connectivity index (χ1) is 14.2. The minimum atomic E-state index is -0.282. The second kappa shape index (κ2) is 6.88. The number of rotatable bonds is 4. The van der Waals surface area contributed by atoms with Gasteiger partial charge in [-0.25, -0.2) is 9.97 Å². The van der Waals surface area contributed by atoms with Crippen molar-refractivity contribution in [1.29, 1.82) is 0 Å². The summed E-state index contributed by atoms with van der Waals surface area (Å²) in [5.74, 6) is 4.08. The van der Waals surface area contributed by atoms with Gasteiger partial charge in [-0.3, -0.25) is 0 Å². The van der Waals surface area contributed by atoms with Gasteiger partial charge in [0.1, 0.15) is 22.2 Å². The molecule has 1 aliphatic carbocycles. The van der Waals surface area contributed by atoms with Crippen LogP contribution in [-0.2, 0) is 0 Å². The molecule has 2 N–H and O–H groups in total.